The molecule has 1 amide bonds. The van der Waals surface area contributed by atoms with Gasteiger partial charge in [0.15, 0.2) is 0 Å². The van der Waals surface area contributed by atoms with E-state index in [0.717, 1.165) is 42.6 Å². The second kappa shape index (κ2) is 10.4. The lowest BCUT2D eigenvalue weighted by molar-refractivity contribution is 0.00495. The van der Waals surface area contributed by atoms with Gasteiger partial charge in [-0.15, -0.1) is 0 Å². The van der Waals surface area contributed by atoms with E-state index in [1.165, 1.54) is 13.2 Å². The van der Waals surface area contributed by atoms with Gasteiger partial charge in [-0.2, -0.15) is 0 Å². The van der Waals surface area contributed by atoms with Crippen LogP contribution in [0.2, 0.25) is 0 Å². The number of ether oxygens (including phenoxy) is 2. The molecule has 0 bridgehead atoms. The number of rotatable bonds is 7. The molecule has 1 aliphatic rings. The lowest BCUT2D eigenvalue weighted by Gasteiger charge is -2.32. The topological polar surface area (TPSA) is 59.6 Å². The Balaban J connectivity index is 1.90. The molecular weight excluding hydrogens is 371 g/mol. The van der Waals surface area contributed by atoms with Crippen LogP contribution in [0.25, 0.3) is 11.1 Å². The molecule has 1 heterocycles. The van der Waals surface area contributed by atoms with E-state index in [2.05, 4.69) is 15.4 Å². The zero-order valence-electron chi connectivity index (χ0n) is 17.0. The Bertz CT molecular complexity index is 822. The molecule has 1 saturated heterocycles. The highest BCUT2D eigenvalue weighted by atomic mass is 19.1. The van der Waals surface area contributed by atoms with Gasteiger partial charge in [0.1, 0.15) is 5.82 Å². The summed E-state index contributed by atoms with van der Waals surface area (Å²) in [5.74, 6) is -0.0228. The summed E-state index contributed by atoms with van der Waals surface area (Å²) in [7, 11) is 1.33. The van der Waals surface area contributed by atoms with E-state index in [1.807, 2.05) is 37.3 Å². The van der Waals surface area contributed by atoms with Crippen molar-refractivity contribution in [3.8, 4) is 11.1 Å². The number of halogens is 1. The van der Waals surface area contributed by atoms with Crippen molar-refractivity contribution in [3.05, 3.63) is 59.4 Å². The Labute approximate surface area is 171 Å². The highest BCUT2D eigenvalue weighted by Crippen LogP contribution is 2.38. The van der Waals surface area contributed by atoms with Gasteiger partial charge in [-0.1, -0.05) is 42.0 Å². The van der Waals surface area contributed by atoms with Crippen LogP contribution in [0.1, 0.15) is 30.1 Å². The quantitative estimate of drug-likeness (QED) is 0.684. The average Bonchev–Trinajstić information content (AvgIpc) is 2.74. The van der Waals surface area contributed by atoms with Crippen LogP contribution in [-0.4, -0.2) is 39.4 Å². The third-order valence-corrected chi connectivity index (χ3v) is 5.28. The molecule has 1 fully saturated rings. The smallest absolute Gasteiger partial charge is 0.406 e. The summed E-state index contributed by atoms with van der Waals surface area (Å²) in [5.41, 5.74) is 3.37. The summed E-state index contributed by atoms with van der Waals surface area (Å²) in [6.45, 7) is 4.46. The minimum atomic E-state index is -0.490. The Hall–Kier alpha value is -2.44. The molecule has 2 N–H and O–H groups in total. The monoisotopic (exact) mass is 400 g/mol. The fraction of sp³-hybridized carbons (Fsp3) is 0.435. The first-order valence-electron chi connectivity index (χ1n) is 10.1. The number of amides is 1. The van der Waals surface area contributed by atoms with E-state index >= 15 is 0 Å². The van der Waals surface area contributed by atoms with Crippen LogP contribution in [-0.2, 0) is 9.47 Å². The Morgan fingerprint density at radius 1 is 1.31 bits per heavy atom. The second-order valence-corrected chi connectivity index (χ2v) is 7.39. The molecule has 5 nitrogen and oxygen atoms in total. The first-order chi connectivity index (χ1) is 14.1. The summed E-state index contributed by atoms with van der Waals surface area (Å²) in [4.78, 5) is 11.3. The van der Waals surface area contributed by atoms with E-state index < -0.39 is 6.09 Å². The van der Waals surface area contributed by atoms with Crippen molar-refractivity contribution in [1.82, 2.24) is 10.6 Å². The summed E-state index contributed by atoms with van der Waals surface area (Å²) in [5, 5.41) is 6.05. The molecule has 156 valence electrons. The van der Waals surface area contributed by atoms with E-state index in [0.29, 0.717) is 18.7 Å². The molecule has 2 aromatic rings. The number of hydrogen-bond donors (Lipinski definition) is 2. The van der Waals surface area contributed by atoms with Gasteiger partial charge in [0.25, 0.3) is 0 Å². The summed E-state index contributed by atoms with van der Waals surface area (Å²) >= 11 is 0. The van der Waals surface area contributed by atoms with Gasteiger partial charge in [-0.05, 0) is 43.5 Å². The van der Waals surface area contributed by atoms with Gasteiger partial charge in [0.05, 0.1) is 19.8 Å². The number of piperidine rings is 1. The zero-order chi connectivity index (χ0) is 20.6. The zero-order valence-corrected chi connectivity index (χ0v) is 17.0. The maximum Gasteiger partial charge on any atom is 0.406 e. The van der Waals surface area contributed by atoms with Gasteiger partial charge in [0, 0.05) is 24.6 Å². The molecule has 2 aromatic carbocycles. The van der Waals surface area contributed by atoms with Crippen LogP contribution >= 0.6 is 0 Å². The molecule has 0 aliphatic carbocycles. The third-order valence-electron chi connectivity index (χ3n) is 5.28. The van der Waals surface area contributed by atoms with Crippen LogP contribution in [0, 0.1) is 18.7 Å². The lowest BCUT2D eigenvalue weighted by Crippen LogP contribution is -2.35. The Morgan fingerprint density at radius 2 is 2.14 bits per heavy atom. The van der Waals surface area contributed by atoms with Gasteiger partial charge >= 0.3 is 6.09 Å². The van der Waals surface area contributed by atoms with E-state index in [1.54, 1.807) is 6.07 Å². The number of alkyl carbamates (subject to hydrolysis) is 1. The molecule has 0 unspecified atom stereocenters. The third kappa shape index (κ3) is 5.55. The van der Waals surface area contributed by atoms with E-state index in [-0.39, 0.29) is 17.8 Å². The number of aryl methyl sites for hydroxylation is 1. The van der Waals surface area contributed by atoms with Gasteiger partial charge in [-0.25, -0.2) is 9.18 Å². The molecule has 29 heavy (non-hydrogen) atoms. The van der Waals surface area contributed by atoms with Crippen LogP contribution < -0.4 is 10.6 Å². The fourth-order valence-corrected chi connectivity index (χ4v) is 3.91. The summed E-state index contributed by atoms with van der Waals surface area (Å²) < 4.78 is 25.8. The number of hydrogen-bond acceptors (Lipinski definition) is 4. The summed E-state index contributed by atoms with van der Waals surface area (Å²) in [6, 6.07) is 13.1. The number of methoxy groups -OCH3 is 1. The van der Waals surface area contributed by atoms with Crippen LogP contribution in [0.15, 0.2) is 42.5 Å². The standard InChI is InChI=1S/C23H29FN2O3/c1-16-6-3-7-17(14-16)21-19(9-4-10-20(21)24)22(18-8-5-11-25-15-18)29-13-12-26-23(27)28-2/h3-4,6-7,9-10,14,18,22,25H,5,8,11-13,15H2,1-2H3,(H,26,27)/t18-,22-/m1/s1. The number of carbonyl (C=O) groups excluding carboxylic acids is 1. The van der Waals surface area contributed by atoms with Crippen molar-refractivity contribution in [2.45, 2.75) is 25.9 Å². The Morgan fingerprint density at radius 3 is 2.86 bits per heavy atom. The van der Waals surface area contributed by atoms with Gasteiger partial charge in [-0.3, -0.25) is 0 Å². The first kappa shape index (κ1) is 21.3. The van der Waals surface area contributed by atoms with Crippen molar-refractivity contribution < 1.29 is 18.7 Å². The maximum atomic E-state index is 15.0. The highest BCUT2D eigenvalue weighted by Gasteiger charge is 2.29. The van der Waals surface area contributed by atoms with Crippen molar-refractivity contribution in [3.63, 3.8) is 0 Å². The number of carbonyl (C=O) groups is 1. The molecular formula is C23H29FN2O3. The van der Waals surface area contributed by atoms with Crippen molar-refractivity contribution in [1.29, 1.82) is 0 Å². The average molecular weight is 400 g/mol. The van der Waals surface area contributed by atoms with E-state index in [4.69, 9.17) is 4.74 Å². The van der Waals surface area contributed by atoms with Crippen molar-refractivity contribution in [2.75, 3.05) is 33.4 Å². The molecule has 0 aromatic heterocycles. The molecule has 0 radical (unpaired) electrons. The largest absolute Gasteiger partial charge is 0.453 e. The second-order valence-electron chi connectivity index (χ2n) is 7.39. The van der Waals surface area contributed by atoms with Gasteiger partial charge < -0.3 is 20.1 Å². The fourth-order valence-electron chi connectivity index (χ4n) is 3.91. The molecule has 3 rings (SSSR count). The molecule has 2 atom stereocenters. The predicted molar refractivity (Wildman–Crippen MR) is 111 cm³/mol. The van der Waals surface area contributed by atoms with Crippen molar-refractivity contribution in [2.24, 2.45) is 5.92 Å². The molecule has 0 spiro atoms. The van der Waals surface area contributed by atoms with Crippen LogP contribution in [0.4, 0.5) is 9.18 Å². The maximum absolute atomic E-state index is 15.0. The Kier molecular flexibility index (Phi) is 7.61. The molecule has 6 heteroatoms. The highest BCUT2D eigenvalue weighted by molar-refractivity contribution is 5.69. The SMILES string of the molecule is COC(=O)NCCO[C@@H](c1cccc(F)c1-c1cccc(C)c1)[C@@H]1CCCNC1. The number of benzene rings is 2. The van der Waals surface area contributed by atoms with Crippen molar-refractivity contribution >= 4 is 6.09 Å². The van der Waals surface area contributed by atoms with E-state index in [9.17, 15) is 9.18 Å². The molecule has 1 aliphatic heterocycles. The first-order valence-corrected chi connectivity index (χ1v) is 10.1. The lowest BCUT2D eigenvalue weighted by atomic mass is 9.85. The summed E-state index contributed by atoms with van der Waals surface area (Å²) in [6.07, 6.45) is 1.30. The van der Waals surface area contributed by atoms with Crippen LogP contribution in [0.5, 0.6) is 0 Å². The predicted octanol–water partition coefficient (Wildman–Crippen LogP) is 4.21. The van der Waals surface area contributed by atoms with Crippen LogP contribution in [0.3, 0.4) is 0 Å². The number of nitrogens with one attached hydrogen (secondary N) is 2. The minimum Gasteiger partial charge on any atom is -0.453 e. The normalized spacial score (nSPS) is 17.6. The minimum absolute atomic E-state index is 0.229. The molecule has 0 saturated carbocycles. The van der Waals surface area contributed by atoms with Gasteiger partial charge in [0.2, 0.25) is 0 Å².